The van der Waals surface area contributed by atoms with E-state index in [4.69, 9.17) is 4.74 Å². The smallest absolute Gasteiger partial charge is 0.338 e. The van der Waals surface area contributed by atoms with Crippen LogP contribution in [-0.4, -0.2) is 29.2 Å². The normalized spacial score (nSPS) is 15.4. The van der Waals surface area contributed by atoms with Crippen LogP contribution in [0.4, 0.5) is 5.69 Å². The first-order valence-electron chi connectivity index (χ1n) is 7.89. The summed E-state index contributed by atoms with van der Waals surface area (Å²) in [5.74, 6) is -0.667. The van der Waals surface area contributed by atoms with Crippen LogP contribution < -0.4 is 5.01 Å². The van der Waals surface area contributed by atoms with Crippen molar-refractivity contribution in [3.8, 4) is 0 Å². The molecule has 1 aliphatic rings. The highest BCUT2D eigenvalue weighted by Gasteiger charge is 2.29. The number of amides is 1. The molecule has 6 nitrogen and oxygen atoms in total. The molecule has 126 valence electrons. The molecule has 1 aliphatic heterocycles. The van der Waals surface area contributed by atoms with Gasteiger partial charge in [-0.3, -0.25) is 9.78 Å². The van der Waals surface area contributed by atoms with E-state index in [1.807, 2.05) is 12.1 Å². The Labute approximate surface area is 145 Å². The van der Waals surface area contributed by atoms with Crippen molar-refractivity contribution in [2.24, 2.45) is 5.10 Å². The van der Waals surface area contributed by atoms with Crippen LogP contribution in [0.2, 0.25) is 0 Å². The lowest BCUT2D eigenvalue weighted by atomic mass is 10.1. The summed E-state index contributed by atoms with van der Waals surface area (Å²) in [7, 11) is 0. The number of esters is 1. The summed E-state index contributed by atoms with van der Waals surface area (Å²) in [4.78, 5) is 28.6. The van der Waals surface area contributed by atoms with E-state index >= 15 is 0 Å². The van der Waals surface area contributed by atoms with E-state index in [1.54, 1.807) is 56.6 Å². The first-order chi connectivity index (χ1) is 12.1. The predicted octanol–water partition coefficient (Wildman–Crippen LogP) is 3.06. The topological polar surface area (TPSA) is 71.9 Å². The van der Waals surface area contributed by atoms with Crippen LogP contribution in [0.15, 0.2) is 59.5 Å². The Bertz CT molecular complexity index is 872. The average Bonchev–Trinajstić information content (AvgIpc) is 2.91. The zero-order valence-corrected chi connectivity index (χ0v) is 14.0. The van der Waals surface area contributed by atoms with Crippen molar-refractivity contribution < 1.29 is 14.3 Å². The number of rotatable bonds is 4. The lowest BCUT2D eigenvalue weighted by Crippen LogP contribution is -2.21. The lowest BCUT2D eigenvalue weighted by Gasteiger charge is -2.12. The van der Waals surface area contributed by atoms with Crippen LogP contribution in [0.1, 0.15) is 29.8 Å². The highest BCUT2D eigenvalue weighted by atomic mass is 16.5. The predicted molar refractivity (Wildman–Crippen MR) is 95.2 cm³/mol. The molecule has 0 atom stereocenters. The number of pyridine rings is 1. The summed E-state index contributed by atoms with van der Waals surface area (Å²) in [5, 5.41) is 5.62. The minimum Gasteiger partial charge on any atom is -0.462 e. The third kappa shape index (κ3) is 3.47. The Morgan fingerprint density at radius 1 is 1.24 bits per heavy atom. The Morgan fingerprint density at radius 3 is 2.72 bits per heavy atom. The first-order valence-corrected chi connectivity index (χ1v) is 7.89. The van der Waals surface area contributed by atoms with Gasteiger partial charge in [0, 0.05) is 12.4 Å². The Balaban J connectivity index is 1.90. The van der Waals surface area contributed by atoms with Crippen molar-refractivity contribution in [3.05, 3.63) is 65.5 Å². The van der Waals surface area contributed by atoms with Gasteiger partial charge in [0.05, 0.1) is 29.1 Å². The fourth-order valence-electron chi connectivity index (χ4n) is 2.46. The second-order valence-electron chi connectivity index (χ2n) is 5.41. The molecule has 1 aromatic heterocycles. The molecule has 0 saturated heterocycles. The van der Waals surface area contributed by atoms with Crippen LogP contribution in [0.25, 0.3) is 6.08 Å². The van der Waals surface area contributed by atoms with Crippen LogP contribution in [0, 0.1) is 0 Å². The minimum absolute atomic E-state index is 0.240. The monoisotopic (exact) mass is 335 g/mol. The van der Waals surface area contributed by atoms with Crippen molar-refractivity contribution in [2.75, 3.05) is 11.6 Å². The zero-order valence-electron chi connectivity index (χ0n) is 14.0. The van der Waals surface area contributed by atoms with Crippen molar-refractivity contribution in [1.82, 2.24) is 4.98 Å². The molecule has 0 aliphatic carbocycles. The molecule has 2 heterocycles. The van der Waals surface area contributed by atoms with E-state index in [0.717, 1.165) is 5.56 Å². The summed E-state index contributed by atoms with van der Waals surface area (Å²) in [5.41, 5.74) is 2.89. The molecule has 0 unspecified atom stereocenters. The summed E-state index contributed by atoms with van der Waals surface area (Å²) in [6.07, 6.45) is 5.11. The number of carbonyl (C=O) groups is 2. The molecule has 3 rings (SSSR count). The lowest BCUT2D eigenvalue weighted by molar-refractivity contribution is -0.114. The van der Waals surface area contributed by atoms with E-state index < -0.39 is 5.97 Å². The van der Waals surface area contributed by atoms with Gasteiger partial charge in [-0.25, -0.2) is 4.79 Å². The summed E-state index contributed by atoms with van der Waals surface area (Å²) in [6, 6.07) is 10.3. The highest BCUT2D eigenvalue weighted by Crippen LogP contribution is 2.25. The Hall–Kier alpha value is -3.28. The van der Waals surface area contributed by atoms with Gasteiger partial charge in [-0.1, -0.05) is 6.07 Å². The molecule has 1 amide bonds. The molecule has 6 heteroatoms. The fourth-order valence-corrected chi connectivity index (χ4v) is 2.46. The maximum atomic E-state index is 12.7. The van der Waals surface area contributed by atoms with E-state index in [0.29, 0.717) is 29.1 Å². The molecule has 25 heavy (non-hydrogen) atoms. The number of anilines is 1. The number of hydrogen-bond donors (Lipinski definition) is 0. The van der Waals surface area contributed by atoms with Gasteiger partial charge in [0.15, 0.2) is 0 Å². The fraction of sp³-hybridized carbons (Fsp3) is 0.158. The molecule has 0 bridgehead atoms. The van der Waals surface area contributed by atoms with Gasteiger partial charge in [0.1, 0.15) is 0 Å². The van der Waals surface area contributed by atoms with Gasteiger partial charge in [0.2, 0.25) is 0 Å². The molecular formula is C19H17N3O3. The number of aromatic nitrogens is 1. The third-order valence-corrected chi connectivity index (χ3v) is 3.68. The zero-order chi connectivity index (χ0) is 17.8. The quantitative estimate of drug-likeness (QED) is 0.636. The standard InChI is InChI=1S/C19H17N3O3/c1-3-25-19(24)15-5-4-6-16(12-15)22-18(23)17(13(2)21-22)11-14-7-9-20-10-8-14/h4-12H,3H2,1-2H3/b17-11-. The second kappa shape index (κ2) is 7.09. The maximum Gasteiger partial charge on any atom is 0.338 e. The van der Waals surface area contributed by atoms with Crippen LogP contribution >= 0.6 is 0 Å². The first kappa shape index (κ1) is 16.6. The third-order valence-electron chi connectivity index (χ3n) is 3.68. The number of nitrogens with zero attached hydrogens (tertiary/aromatic N) is 3. The maximum absolute atomic E-state index is 12.7. The van der Waals surface area contributed by atoms with E-state index in [9.17, 15) is 9.59 Å². The van der Waals surface area contributed by atoms with Crippen molar-refractivity contribution in [2.45, 2.75) is 13.8 Å². The van der Waals surface area contributed by atoms with E-state index in [2.05, 4.69) is 10.1 Å². The second-order valence-corrected chi connectivity index (χ2v) is 5.41. The van der Waals surface area contributed by atoms with Gasteiger partial charge < -0.3 is 4.74 Å². The summed E-state index contributed by atoms with van der Waals surface area (Å²) in [6.45, 7) is 3.82. The molecule has 2 aromatic rings. The minimum atomic E-state index is -0.427. The number of hydrazone groups is 1. The van der Waals surface area contributed by atoms with E-state index in [-0.39, 0.29) is 5.91 Å². The summed E-state index contributed by atoms with van der Waals surface area (Å²) < 4.78 is 5.00. The molecule has 0 spiro atoms. The molecule has 0 saturated carbocycles. The SMILES string of the molecule is CCOC(=O)c1cccc(N2N=C(C)/C(=C/c3ccncc3)C2=O)c1. The van der Waals surface area contributed by atoms with E-state index in [1.165, 1.54) is 5.01 Å². The average molecular weight is 335 g/mol. The van der Waals surface area contributed by atoms with Gasteiger partial charge in [-0.05, 0) is 55.8 Å². The van der Waals surface area contributed by atoms with Gasteiger partial charge in [0.25, 0.3) is 5.91 Å². The molecule has 1 aromatic carbocycles. The van der Waals surface area contributed by atoms with Crippen LogP contribution in [-0.2, 0) is 9.53 Å². The van der Waals surface area contributed by atoms with Crippen LogP contribution in [0.3, 0.4) is 0 Å². The largest absolute Gasteiger partial charge is 0.462 e. The van der Waals surface area contributed by atoms with Crippen molar-refractivity contribution in [3.63, 3.8) is 0 Å². The van der Waals surface area contributed by atoms with Gasteiger partial charge in [-0.2, -0.15) is 10.1 Å². The number of ether oxygens (including phenoxy) is 1. The highest BCUT2D eigenvalue weighted by molar-refractivity contribution is 6.32. The molecule has 0 fully saturated rings. The number of benzene rings is 1. The molecular weight excluding hydrogens is 318 g/mol. The number of hydrogen-bond acceptors (Lipinski definition) is 5. The van der Waals surface area contributed by atoms with Crippen molar-refractivity contribution >= 4 is 29.4 Å². The Morgan fingerprint density at radius 2 is 2.00 bits per heavy atom. The Kier molecular flexibility index (Phi) is 4.70. The van der Waals surface area contributed by atoms with Gasteiger partial charge in [-0.15, -0.1) is 0 Å². The molecule has 0 N–H and O–H groups in total. The number of carbonyl (C=O) groups excluding carboxylic acids is 2. The van der Waals surface area contributed by atoms with Gasteiger partial charge >= 0.3 is 5.97 Å². The van der Waals surface area contributed by atoms with Crippen molar-refractivity contribution in [1.29, 1.82) is 0 Å². The summed E-state index contributed by atoms with van der Waals surface area (Å²) >= 11 is 0. The molecule has 0 radical (unpaired) electrons. The van der Waals surface area contributed by atoms with Crippen LogP contribution in [0.5, 0.6) is 0 Å².